The number of carbonyl (C=O) groups excluding carboxylic acids is 1. The lowest BCUT2D eigenvalue weighted by Gasteiger charge is -2.29. The fourth-order valence-corrected chi connectivity index (χ4v) is 2.15. The second kappa shape index (κ2) is 4.28. The molecule has 1 aromatic rings. The SMILES string of the molecule is O=CC1Nc2ncc(Br)cc2CC1CO. The molecule has 2 N–H and O–H groups in total. The molecule has 15 heavy (non-hydrogen) atoms. The lowest BCUT2D eigenvalue weighted by molar-refractivity contribution is -0.109. The first kappa shape index (κ1) is 10.6. The summed E-state index contributed by atoms with van der Waals surface area (Å²) in [5, 5.41) is 12.2. The van der Waals surface area contributed by atoms with E-state index >= 15 is 0 Å². The maximum absolute atomic E-state index is 10.8. The highest BCUT2D eigenvalue weighted by atomic mass is 79.9. The summed E-state index contributed by atoms with van der Waals surface area (Å²) in [6, 6.07) is 1.62. The maximum Gasteiger partial charge on any atom is 0.142 e. The van der Waals surface area contributed by atoms with E-state index in [-0.39, 0.29) is 18.6 Å². The van der Waals surface area contributed by atoms with Crippen LogP contribution in [0.4, 0.5) is 5.82 Å². The number of fused-ring (bicyclic) bond motifs is 1. The summed E-state index contributed by atoms with van der Waals surface area (Å²) in [7, 11) is 0. The average molecular weight is 271 g/mol. The van der Waals surface area contributed by atoms with Gasteiger partial charge in [-0.3, -0.25) is 0 Å². The van der Waals surface area contributed by atoms with Gasteiger partial charge >= 0.3 is 0 Å². The van der Waals surface area contributed by atoms with Gasteiger partial charge in [0.15, 0.2) is 0 Å². The van der Waals surface area contributed by atoms with Crippen LogP contribution in [-0.2, 0) is 11.2 Å². The number of anilines is 1. The van der Waals surface area contributed by atoms with Gasteiger partial charge in [0, 0.05) is 23.2 Å². The summed E-state index contributed by atoms with van der Waals surface area (Å²) in [5.41, 5.74) is 1.03. The van der Waals surface area contributed by atoms with Crippen molar-refractivity contribution in [3.05, 3.63) is 22.3 Å². The summed E-state index contributed by atoms with van der Waals surface area (Å²) in [6.45, 7) is 0.00234. The number of aliphatic hydroxyl groups is 1. The monoisotopic (exact) mass is 270 g/mol. The Labute approximate surface area is 95.8 Å². The number of nitrogens with one attached hydrogen (secondary N) is 1. The van der Waals surface area contributed by atoms with Crippen LogP contribution in [-0.4, -0.2) is 29.0 Å². The third-order valence-electron chi connectivity index (χ3n) is 2.61. The van der Waals surface area contributed by atoms with Crippen LogP contribution in [0.5, 0.6) is 0 Å². The van der Waals surface area contributed by atoms with Gasteiger partial charge in [-0.2, -0.15) is 0 Å². The van der Waals surface area contributed by atoms with E-state index < -0.39 is 0 Å². The van der Waals surface area contributed by atoms with Crippen LogP contribution in [0.2, 0.25) is 0 Å². The largest absolute Gasteiger partial charge is 0.396 e. The fourth-order valence-electron chi connectivity index (χ4n) is 1.78. The highest BCUT2D eigenvalue weighted by Crippen LogP contribution is 2.27. The summed E-state index contributed by atoms with van der Waals surface area (Å²) < 4.78 is 0.907. The Morgan fingerprint density at radius 2 is 2.53 bits per heavy atom. The van der Waals surface area contributed by atoms with Crippen molar-refractivity contribution in [2.75, 3.05) is 11.9 Å². The van der Waals surface area contributed by atoms with Gasteiger partial charge in [0.05, 0.1) is 6.04 Å². The number of rotatable bonds is 2. The number of halogens is 1. The molecule has 2 unspecified atom stereocenters. The molecule has 1 aliphatic rings. The number of nitrogens with zero attached hydrogens (tertiary/aromatic N) is 1. The molecule has 0 saturated carbocycles. The molecule has 1 aromatic heterocycles. The zero-order chi connectivity index (χ0) is 10.8. The molecule has 0 bridgehead atoms. The van der Waals surface area contributed by atoms with Gasteiger partial charge in [0.1, 0.15) is 12.1 Å². The van der Waals surface area contributed by atoms with Crippen LogP contribution < -0.4 is 5.32 Å². The Hall–Kier alpha value is -0.940. The number of hydrogen-bond donors (Lipinski definition) is 2. The van der Waals surface area contributed by atoms with Gasteiger partial charge in [-0.05, 0) is 34.0 Å². The van der Waals surface area contributed by atoms with Crippen LogP contribution >= 0.6 is 15.9 Å². The molecule has 2 heterocycles. The number of aldehydes is 1. The quantitative estimate of drug-likeness (QED) is 0.787. The summed E-state index contributed by atoms with van der Waals surface area (Å²) >= 11 is 3.34. The Kier molecular flexibility index (Phi) is 3.02. The van der Waals surface area contributed by atoms with Crippen molar-refractivity contribution in [3.8, 4) is 0 Å². The maximum atomic E-state index is 10.8. The van der Waals surface area contributed by atoms with Crippen LogP contribution in [0, 0.1) is 5.92 Å². The van der Waals surface area contributed by atoms with Crippen molar-refractivity contribution >= 4 is 28.0 Å². The first-order valence-electron chi connectivity index (χ1n) is 4.71. The Morgan fingerprint density at radius 3 is 3.20 bits per heavy atom. The molecular formula is C10H11BrN2O2. The molecule has 0 radical (unpaired) electrons. The lowest BCUT2D eigenvalue weighted by atomic mass is 9.90. The average Bonchev–Trinajstić information content (AvgIpc) is 2.27. The number of hydrogen-bond acceptors (Lipinski definition) is 4. The molecule has 1 aliphatic heterocycles. The molecular weight excluding hydrogens is 260 g/mol. The third kappa shape index (κ3) is 2.03. The van der Waals surface area contributed by atoms with Crippen molar-refractivity contribution in [1.29, 1.82) is 0 Å². The van der Waals surface area contributed by atoms with E-state index in [9.17, 15) is 4.79 Å². The van der Waals surface area contributed by atoms with Gasteiger partial charge in [-0.25, -0.2) is 4.98 Å². The second-order valence-corrected chi connectivity index (χ2v) is 4.53. The summed E-state index contributed by atoms with van der Waals surface area (Å²) in [5.74, 6) is 0.672. The van der Waals surface area contributed by atoms with Crippen molar-refractivity contribution in [2.24, 2.45) is 5.92 Å². The van der Waals surface area contributed by atoms with Crippen molar-refractivity contribution in [3.63, 3.8) is 0 Å². The molecule has 80 valence electrons. The molecule has 5 heteroatoms. The van der Waals surface area contributed by atoms with Gasteiger partial charge in [0.25, 0.3) is 0 Å². The van der Waals surface area contributed by atoms with Crippen LogP contribution in [0.3, 0.4) is 0 Å². The Bertz CT molecular complexity index is 384. The fraction of sp³-hybridized carbons (Fsp3) is 0.400. The molecule has 0 amide bonds. The van der Waals surface area contributed by atoms with E-state index in [0.717, 1.165) is 22.1 Å². The normalized spacial score (nSPS) is 24.1. The molecule has 0 aromatic carbocycles. The van der Waals surface area contributed by atoms with E-state index in [1.165, 1.54) is 0 Å². The molecule has 0 fully saturated rings. The van der Waals surface area contributed by atoms with Crippen molar-refractivity contribution < 1.29 is 9.90 Å². The zero-order valence-electron chi connectivity index (χ0n) is 7.98. The van der Waals surface area contributed by atoms with Crippen LogP contribution in [0.25, 0.3) is 0 Å². The predicted molar refractivity (Wildman–Crippen MR) is 59.7 cm³/mol. The van der Waals surface area contributed by atoms with Crippen molar-refractivity contribution in [2.45, 2.75) is 12.5 Å². The topological polar surface area (TPSA) is 62.2 Å². The van der Waals surface area contributed by atoms with Gasteiger partial charge in [-0.15, -0.1) is 0 Å². The molecule has 0 aliphatic carbocycles. The minimum absolute atomic E-state index is 0.00234. The summed E-state index contributed by atoms with van der Waals surface area (Å²) in [4.78, 5) is 15.0. The number of aliphatic hydroxyl groups excluding tert-OH is 1. The highest BCUT2D eigenvalue weighted by Gasteiger charge is 2.27. The van der Waals surface area contributed by atoms with E-state index in [4.69, 9.17) is 5.11 Å². The standard InChI is InChI=1S/C10H11BrN2O2/c11-8-2-6-1-7(4-14)9(5-15)13-10(6)12-3-8/h2-3,5,7,9,14H,1,4H2,(H,12,13). The summed E-state index contributed by atoms with van der Waals surface area (Å²) in [6.07, 6.45) is 3.19. The number of carbonyl (C=O) groups is 1. The molecule has 4 nitrogen and oxygen atoms in total. The minimum atomic E-state index is -0.337. The lowest BCUT2D eigenvalue weighted by Crippen LogP contribution is -2.38. The van der Waals surface area contributed by atoms with Gasteiger partial charge in [-0.1, -0.05) is 0 Å². The molecule has 2 rings (SSSR count). The van der Waals surface area contributed by atoms with Gasteiger partial charge < -0.3 is 15.2 Å². The van der Waals surface area contributed by atoms with E-state index in [2.05, 4.69) is 26.2 Å². The molecule has 0 spiro atoms. The zero-order valence-corrected chi connectivity index (χ0v) is 9.57. The van der Waals surface area contributed by atoms with Gasteiger partial charge in [0.2, 0.25) is 0 Å². The molecule has 0 saturated heterocycles. The number of aromatic nitrogens is 1. The van der Waals surface area contributed by atoms with Crippen LogP contribution in [0.1, 0.15) is 5.56 Å². The van der Waals surface area contributed by atoms with E-state index in [1.807, 2.05) is 6.07 Å². The Balaban J connectivity index is 2.32. The Morgan fingerprint density at radius 1 is 1.73 bits per heavy atom. The third-order valence-corrected chi connectivity index (χ3v) is 3.04. The van der Waals surface area contributed by atoms with Crippen molar-refractivity contribution in [1.82, 2.24) is 4.98 Å². The smallest absolute Gasteiger partial charge is 0.142 e. The first-order chi connectivity index (χ1) is 7.24. The second-order valence-electron chi connectivity index (χ2n) is 3.61. The predicted octanol–water partition coefficient (Wildman–Crippen LogP) is 0.988. The van der Waals surface area contributed by atoms with E-state index in [1.54, 1.807) is 6.20 Å². The number of pyridine rings is 1. The van der Waals surface area contributed by atoms with Crippen LogP contribution in [0.15, 0.2) is 16.7 Å². The first-order valence-corrected chi connectivity index (χ1v) is 5.51. The minimum Gasteiger partial charge on any atom is -0.396 e. The highest BCUT2D eigenvalue weighted by molar-refractivity contribution is 9.10. The molecule has 2 atom stereocenters. The van der Waals surface area contributed by atoms with E-state index in [0.29, 0.717) is 6.42 Å².